The number of nitrogens with two attached hydrogens (primary N) is 1. The Morgan fingerprint density at radius 2 is 1.88 bits per heavy atom. The van der Waals surface area contributed by atoms with Crippen LogP contribution in [-0.4, -0.2) is 48.0 Å². The van der Waals surface area contributed by atoms with E-state index in [4.69, 9.17) is 15.2 Å². The van der Waals surface area contributed by atoms with Crippen molar-refractivity contribution < 1.29 is 28.7 Å². The molecule has 1 heterocycles. The van der Waals surface area contributed by atoms with E-state index >= 15 is 0 Å². The summed E-state index contributed by atoms with van der Waals surface area (Å²) in [5.74, 6) is -4.46. The van der Waals surface area contributed by atoms with Crippen molar-refractivity contribution in [1.82, 2.24) is 10.3 Å². The molecule has 9 nitrogen and oxygen atoms in total. The molecule has 1 aromatic heterocycles. The van der Waals surface area contributed by atoms with Gasteiger partial charge in [-0.15, -0.1) is 0 Å². The zero-order valence-corrected chi connectivity index (χ0v) is 14.1. The number of hydrogen-bond donors (Lipinski definition) is 2. The van der Waals surface area contributed by atoms with Gasteiger partial charge in [-0.05, 0) is 26.0 Å². The zero-order chi connectivity index (χ0) is 18.8. The average molecular weight is 351 g/mol. The van der Waals surface area contributed by atoms with Crippen molar-refractivity contribution in [2.24, 2.45) is 11.7 Å². The van der Waals surface area contributed by atoms with Crippen LogP contribution >= 0.6 is 0 Å². The van der Waals surface area contributed by atoms with Crippen molar-refractivity contribution in [3.8, 4) is 0 Å². The molecule has 25 heavy (non-hydrogen) atoms. The third-order valence-corrected chi connectivity index (χ3v) is 3.20. The molecular weight excluding hydrogens is 330 g/mol. The number of amides is 2. The fourth-order valence-electron chi connectivity index (χ4n) is 2.08. The number of carbonyl (C=O) groups excluding carboxylic acids is 4. The van der Waals surface area contributed by atoms with Gasteiger partial charge in [0.05, 0.1) is 31.1 Å². The molecule has 1 rings (SSSR count). The SMILES string of the molecule is CCOC(=O)C[C@@H](C(=O)OCC)[C@@H](NC(=O)c1cccnc1)C(N)=O. The van der Waals surface area contributed by atoms with E-state index in [0.29, 0.717) is 0 Å². The first-order chi connectivity index (χ1) is 11.9. The smallest absolute Gasteiger partial charge is 0.312 e. The minimum Gasteiger partial charge on any atom is -0.466 e. The van der Waals surface area contributed by atoms with Crippen molar-refractivity contribution in [2.45, 2.75) is 26.3 Å². The van der Waals surface area contributed by atoms with Gasteiger partial charge in [-0.2, -0.15) is 0 Å². The van der Waals surface area contributed by atoms with Gasteiger partial charge < -0.3 is 20.5 Å². The highest BCUT2D eigenvalue weighted by Crippen LogP contribution is 2.14. The molecule has 0 saturated heterocycles. The molecule has 0 aliphatic carbocycles. The van der Waals surface area contributed by atoms with Crippen LogP contribution in [0.4, 0.5) is 0 Å². The van der Waals surface area contributed by atoms with Crippen molar-refractivity contribution in [3.05, 3.63) is 30.1 Å². The number of rotatable bonds is 9. The predicted octanol–water partition coefficient (Wildman–Crippen LogP) is -0.202. The topological polar surface area (TPSA) is 138 Å². The fourth-order valence-corrected chi connectivity index (χ4v) is 2.08. The third-order valence-electron chi connectivity index (χ3n) is 3.20. The van der Waals surface area contributed by atoms with Crippen LogP contribution in [0.3, 0.4) is 0 Å². The number of aromatic nitrogens is 1. The molecule has 2 atom stereocenters. The van der Waals surface area contributed by atoms with Crippen LogP contribution in [-0.2, 0) is 23.9 Å². The Balaban J connectivity index is 3.01. The molecule has 0 fully saturated rings. The molecular formula is C16H21N3O6. The average Bonchev–Trinajstić information content (AvgIpc) is 2.58. The van der Waals surface area contributed by atoms with Crippen molar-refractivity contribution in [3.63, 3.8) is 0 Å². The van der Waals surface area contributed by atoms with Crippen LogP contribution < -0.4 is 11.1 Å². The molecule has 2 amide bonds. The number of carbonyl (C=O) groups is 4. The van der Waals surface area contributed by atoms with Crippen LogP contribution in [0.5, 0.6) is 0 Å². The molecule has 0 radical (unpaired) electrons. The van der Waals surface area contributed by atoms with Crippen molar-refractivity contribution in [2.75, 3.05) is 13.2 Å². The molecule has 0 bridgehead atoms. The quantitative estimate of drug-likeness (QED) is 0.587. The number of hydrogen-bond acceptors (Lipinski definition) is 7. The summed E-state index contributed by atoms with van der Waals surface area (Å²) in [6.45, 7) is 3.33. The van der Waals surface area contributed by atoms with Crippen LogP contribution in [0.2, 0.25) is 0 Å². The number of nitrogens with one attached hydrogen (secondary N) is 1. The van der Waals surface area contributed by atoms with E-state index in [-0.39, 0.29) is 18.8 Å². The Kier molecular flexibility index (Phi) is 8.04. The minimum atomic E-state index is -1.43. The third kappa shape index (κ3) is 6.21. The van der Waals surface area contributed by atoms with Crippen molar-refractivity contribution in [1.29, 1.82) is 0 Å². The van der Waals surface area contributed by atoms with E-state index in [1.807, 2.05) is 0 Å². The molecule has 0 aliphatic heterocycles. The maximum Gasteiger partial charge on any atom is 0.312 e. The predicted molar refractivity (Wildman–Crippen MR) is 86.1 cm³/mol. The van der Waals surface area contributed by atoms with E-state index in [9.17, 15) is 19.2 Å². The van der Waals surface area contributed by atoms with Crippen LogP contribution in [0.25, 0.3) is 0 Å². The molecule has 0 saturated carbocycles. The lowest BCUT2D eigenvalue weighted by atomic mass is 9.95. The summed E-state index contributed by atoms with van der Waals surface area (Å²) in [6.07, 6.45) is 2.32. The lowest BCUT2D eigenvalue weighted by molar-refractivity contribution is -0.156. The second-order valence-electron chi connectivity index (χ2n) is 4.96. The van der Waals surface area contributed by atoms with Gasteiger partial charge >= 0.3 is 11.9 Å². The number of nitrogens with zero attached hydrogens (tertiary/aromatic N) is 1. The summed E-state index contributed by atoms with van der Waals surface area (Å²) in [5, 5.41) is 2.36. The molecule has 0 aromatic carbocycles. The minimum absolute atomic E-state index is 0.0419. The van der Waals surface area contributed by atoms with Crippen LogP contribution in [0.1, 0.15) is 30.6 Å². The summed E-state index contributed by atoms with van der Waals surface area (Å²) in [7, 11) is 0. The van der Waals surface area contributed by atoms with Crippen LogP contribution in [0.15, 0.2) is 24.5 Å². The van der Waals surface area contributed by atoms with Gasteiger partial charge in [-0.1, -0.05) is 0 Å². The van der Waals surface area contributed by atoms with E-state index < -0.39 is 42.1 Å². The Labute approximate surface area is 144 Å². The normalized spacial score (nSPS) is 12.6. The highest BCUT2D eigenvalue weighted by atomic mass is 16.5. The maximum absolute atomic E-state index is 12.2. The molecule has 0 spiro atoms. The van der Waals surface area contributed by atoms with Gasteiger partial charge in [0, 0.05) is 12.4 Å². The number of esters is 2. The Hall–Kier alpha value is -2.97. The largest absolute Gasteiger partial charge is 0.466 e. The molecule has 3 N–H and O–H groups in total. The standard InChI is InChI=1S/C16H21N3O6/c1-3-24-12(20)8-11(16(23)25-4-2)13(14(17)21)19-15(22)10-6-5-7-18-9-10/h5-7,9,11,13H,3-4,8H2,1-2H3,(H2,17,21)(H,19,22)/t11-,13-/m1/s1. The van der Waals surface area contributed by atoms with E-state index in [1.54, 1.807) is 13.8 Å². The van der Waals surface area contributed by atoms with Gasteiger partial charge in [0.1, 0.15) is 6.04 Å². The van der Waals surface area contributed by atoms with E-state index in [2.05, 4.69) is 10.3 Å². The highest BCUT2D eigenvalue weighted by Gasteiger charge is 2.37. The lowest BCUT2D eigenvalue weighted by Crippen LogP contribution is -2.52. The summed E-state index contributed by atoms with van der Waals surface area (Å²) >= 11 is 0. The molecule has 0 unspecified atom stereocenters. The Morgan fingerprint density at radius 3 is 2.40 bits per heavy atom. The highest BCUT2D eigenvalue weighted by molar-refractivity contribution is 5.99. The molecule has 1 aromatic rings. The Morgan fingerprint density at radius 1 is 1.20 bits per heavy atom. The first kappa shape index (κ1) is 20.1. The summed E-state index contributed by atoms with van der Waals surface area (Å²) < 4.78 is 9.68. The zero-order valence-electron chi connectivity index (χ0n) is 14.1. The van der Waals surface area contributed by atoms with Crippen LogP contribution in [0, 0.1) is 5.92 Å². The van der Waals surface area contributed by atoms with Gasteiger partial charge in [0.2, 0.25) is 5.91 Å². The van der Waals surface area contributed by atoms with E-state index in [0.717, 1.165) is 0 Å². The maximum atomic E-state index is 12.2. The van der Waals surface area contributed by atoms with Crippen molar-refractivity contribution >= 4 is 23.8 Å². The second-order valence-corrected chi connectivity index (χ2v) is 4.96. The first-order valence-corrected chi connectivity index (χ1v) is 7.73. The van der Waals surface area contributed by atoms with Gasteiger partial charge in [0.15, 0.2) is 0 Å². The second kappa shape index (κ2) is 10.0. The molecule has 9 heteroatoms. The number of primary amides is 1. The monoisotopic (exact) mass is 351 g/mol. The molecule has 136 valence electrons. The summed E-state index contributed by atoms with van der Waals surface area (Å²) in [4.78, 5) is 51.7. The number of ether oxygens (including phenoxy) is 2. The fraction of sp³-hybridized carbons (Fsp3) is 0.438. The van der Waals surface area contributed by atoms with Gasteiger partial charge in [0.25, 0.3) is 5.91 Å². The number of pyridine rings is 1. The first-order valence-electron chi connectivity index (χ1n) is 7.73. The summed E-state index contributed by atoms with van der Waals surface area (Å²) in [5.41, 5.74) is 5.49. The Bertz CT molecular complexity index is 620. The van der Waals surface area contributed by atoms with Gasteiger partial charge in [-0.25, -0.2) is 0 Å². The lowest BCUT2D eigenvalue weighted by Gasteiger charge is -2.23. The summed E-state index contributed by atoms with van der Waals surface area (Å²) in [6, 6.07) is 1.58. The molecule has 0 aliphatic rings. The van der Waals surface area contributed by atoms with E-state index in [1.165, 1.54) is 24.5 Å². The van der Waals surface area contributed by atoms with Gasteiger partial charge in [-0.3, -0.25) is 24.2 Å².